The average molecular weight is 371 g/mol. The predicted molar refractivity (Wildman–Crippen MR) is 104 cm³/mol. The number of carbonyl (C=O) groups is 1. The van der Waals surface area contributed by atoms with E-state index in [1.54, 1.807) is 19.0 Å². The summed E-state index contributed by atoms with van der Waals surface area (Å²) in [5.74, 6) is 5.64. The highest BCUT2D eigenvalue weighted by molar-refractivity contribution is 5.74. The van der Waals surface area contributed by atoms with Crippen LogP contribution in [0.15, 0.2) is 24.3 Å². The van der Waals surface area contributed by atoms with Gasteiger partial charge in [-0.05, 0) is 30.5 Å². The number of hydrogen-bond donors (Lipinski definition) is 2. The molecule has 1 aromatic rings. The van der Waals surface area contributed by atoms with Gasteiger partial charge < -0.3 is 20.0 Å². The van der Waals surface area contributed by atoms with E-state index in [1.165, 1.54) is 5.56 Å². The lowest BCUT2D eigenvalue weighted by Gasteiger charge is -2.50. The first-order chi connectivity index (χ1) is 12.9. The first-order valence-corrected chi connectivity index (χ1v) is 9.51. The van der Waals surface area contributed by atoms with Crippen molar-refractivity contribution in [1.29, 1.82) is 0 Å². The van der Waals surface area contributed by atoms with Crippen molar-refractivity contribution in [1.82, 2.24) is 14.7 Å². The fourth-order valence-corrected chi connectivity index (χ4v) is 4.06. The molecule has 6 heteroatoms. The predicted octanol–water partition coefficient (Wildman–Crippen LogP) is 0.971. The van der Waals surface area contributed by atoms with Gasteiger partial charge in [-0.2, -0.15) is 0 Å². The summed E-state index contributed by atoms with van der Waals surface area (Å²) in [6.07, 6.45) is 1.41. The van der Waals surface area contributed by atoms with E-state index < -0.39 is 5.60 Å². The molecule has 27 heavy (non-hydrogen) atoms. The van der Waals surface area contributed by atoms with Gasteiger partial charge in [0, 0.05) is 58.3 Å². The summed E-state index contributed by atoms with van der Waals surface area (Å²) in [4.78, 5) is 18.1. The van der Waals surface area contributed by atoms with E-state index in [1.807, 2.05) is 17.0 Å². The third-order valence-corrected chi connectivity index (χ3v) is 5.68. The van der Waals surface area contributed by atoms with Crippen LogP contribution < -0.4 is 0 Å². The maximum Gasteiger partial charge on any atom is 0.319 e. The van der Waals surface area contributed by atoms with E-state index in [4.69, 9.17) is 5.11 Å². The quantitative estimate of drug-likeness (QED) is 0.761. The first kappa shape index (κ1) is 19.7. The van der Waals surface area contributed by atoms with Crippen LogP contribution in [0.25, 0.3) is 0 Å². The summed E-state index contributed by atoms with van der Waals surface area (Å²) in [5.41, 5.74) is 1.45. The Labute approximate surface area is 161 Å². The van der Waals surface area contributed by atoms with Crippen LogP contribution in [0, 0.1) is 17.8 Å². The Kier molecular flexibility index (Phi) is 6.05. The Morgan fingerprint density at radius 3 is 2.59 bits per heavy atom. The molecule has 2 aliphatic heterocycles. The molecule has 0 aromatic heterocycles. The molecule has 146 valence electrons. The standard InChI is InChI=1S/C21H29N3O3/c1-22(2)20(26)24-12-10-21(27)9-11-23(15-19(21)16-24)14-18-7-5-17(6-8-18)4-3-13-25/h5-8,19,25,27H,9-16H2,1-2H3/t19-,21-/m0/s1. The van der Waals surface area contributed by atoms with E-state index in [0.717, 1.165) is 31.6 Å². The molecule has 0 unspecified atom stereocenters. The van der Waals surface area contributed by atoms with E-state index >= 15 is 0 Å². The lowest BCUT2D eigenvalue weighted by molar-refractivity contribution is -0.108. The minimum atomic E-state index is -0.649. The normalized spacial score (nSPS) is 25.3. The summed E-state index contributed by atoms with van der Waals surface area (Å²) >= 11 is 0. The molecule has 2 fully saturated rings. The van der Waals surface area contributed by atoms with Gasteiger partial charge in [-0.3, -0.25) is 4.90 Å². The van der Waals surface area contributed by atoms with E-state index in [2.05, 4.69) is 28.9 Å². The number of carbonyl (C=O) groups excluding carboxylic acids is 1. The van der Waals surface area contributed by atoms with Crippen LogP contribution in [0.4, 0.5) is 4.79 Å². The average Bonchev–Trinajstić information content (AvgIpc) is 2.66. The summed E-state index contributed by atoms with van der Waals surface area (Å²) in [5, 5.41) is 19.8. The van der Waals surface area contributed by atoms with Gasteiger partial charge in [0.2, 0.25) is 0 Å². The monoisotopic (exact) mass is 371 g/mol. The fourth-order valence-electron chi connectivity index (χ4n) is 4.06. The lowest BCUT2D eigenvalue weighted by atomic mass is 9.75. The number of urea groups is 1. The molecule has 3 rings (SSSR count). The second kappa shape index (κ2) is 8.30. The van der Waals surface area contributed by atoms with Gasteiger partial charge in [0.05, 0.1) is 5.60 Å². The Balaban J connectivity index is 1.62. The highest BCUT2D eigenvalue weighted by Crippen LogP contribution is 2.36. The van der Waals surface area contributed by atoms with Crippen LogP contribution in [-0.4, -0.2) is 83.4 Å². The zero-order valence-corrected chi connectivity index (χ0v) is 16.2. The van der Waals surface area contributed by atoms with Crippen molar-refractivity contribution in [2.45, 2.75) is 25.0 Å². The summed E-state index contributed by atoms with van der Waals surface area (Å²) in [7, 11) is 3.54. The SMILES string of the molecule is CN(C)C(=O)N1CC[C@@]2(O)CCN(Cc3ccc(C#CCO)cc3)C[C@H]2C1. The number of aliphatic hydroxyl groups excluding tert-OH is 1. The first-order valence-electron chi connectivity index (χ1n) is 9.51. The Bertz CT molecular complexity index is 722. The van der Waals surface area contributed by atoms with Gasteiger partial charge in [-0.25, -0.2) is 4.79 Å². The van der Waals surface area contributed by atoms with Gasteiger partial charge in [-0.1, -0.05) is 24.0 Å². The number of rotatable bonds is 2. The molecule has 2 heterocycles. The van der Waals surface area contributed by atoms with Crippen molar-refractivity contribution in [2.24, 2.45) is 5.92 Å². The van der Waals surface area contributed by atoms with Gasteiger partial charge in [0.1, 0.15) is 6.61 Å². The maximum absolute atomic E-state index is 12.3. The largest absolute Gasteiger partial charge is 0.389 e. The van der Waals surface area contributed by atoms with Crippen LogP contribution in [0.2, 0.25) is 0 Å². The molecule has 0 spiro atoms. The topological polar surface area (TPSA) is 67.2 Å². The number of hydrogen-bond acceptors (Lipinski definition) is 4. The van der Waals surface area contributed by atoms with E-state index in [-0.39, 0.29) is 18.6 Å². The van der Waals surface area contributed by atoms with Crippen LogP contribution in [0.5, 0.6) is 0 Å². The number of piperidine rings is 2. The zero-order chi connectivity index (χ0) is 19.4. The molecule has 2 saturated heterocycles. The highest BCUT2D eigenvalue weighted by Gasteiger charge is 2.45. The second-order valence-electron chi connectivity index (χ2n) is 7.82. The molecule has 0 aliphatic carbocycles. The van der Waals surface area contributed by atoms with Gasteiger partial charge in [0.25, 0.3) is 0 Å². The summed E-state index contributed by atoms with van der Waals surface area (Å²) < 4.78 is 0. The third kappa shape index (κ3) is 4.62. The molecule has 6 nitrogen and oxygen atoms in total. The number of likely N-dealkylation sites (tertiary alicyclic amines) is 2. The van der Waals surface area contributed by atoms with E-state index in [0.29, 0.717) is 19.5 Å². The van der Waals surface area contributed by atoms with Crippen LogP contribution >= 0.6 is 0 Å². The molecule has 2 N–H and O–H groups in total. The molecular formula is C21H29N3O3. The molecule has 0 bridgehead atoms. The second-order valence-corrected chi connectivity index (χ2v) is 7.82. The van der Waals surface area contributed by atoms with Gasteiger partial charge in [-0.15, -0.1) is 0 Å². The van der Waals surface area contributed by atoms with Crippen molar-refractivity contribution < 1.29 is 15.0 Å². The Morgan fingerprint density at radius 1 is 1.22 bits per heavy atom. The molecule has 1 aromatic carbocycles. The van der Waals surface area contributed by atoms with E-state index in [9.17, 15) is 9.90 Å². The molecule has 0 radical (unpaired) electrons. The lowest BCUT2D eigenvalue weighted by Crippen LogP contribution is -2.61. The van der Waals surface area contributed by atoms with Crippen molar-refractivity contribution in [3.8, 4) is 11.8 Å². The molecule has 0 saturated carbocycles. The summed E-state index contributed by atoms with van der Waals surface area (Å²) in [6.45, 7) is 3.58. The maximum atomic E-state index is 12.3. The smallest absolute Gasteiger partial charge is 0.319 e. The highest BCUT2D eigenvalue weighted by atomic mass is 16.3. The zero-order valence-electron chi connectivity index (χ0n) is 16.2. The van der Waals surface area contributed by atoms with Crippen LogP contribution in [-0.2, 0) is 6.54 Å². The minimum absolute atomic E-state index is 0.0220. The van der Waals surface area contributed by atoms with Gasteiger partial charge in [0.15, 0.2) is 0 Å². The number of nitrogens with zero attached hydrogens (tertiary/aromatic N) is 3. The number of benzene rings is 1. The fraction of sp³-hybridized carbons (Fsp3) is 0.571. The summed E-state index contributed by atoms with van der Waals surface area (Å²) in [6, 6.07) is 8.08. The van der Waals surface area contributed by atoms with Crippen LogP contribution in [0.1, 0.15) is 24.0 Å². The molecule has 2 amide bonds. The van der Waals surface area contributed by atoms with Crippen molar-refractivity contribution in [2.75, 3.05) is 46.9 Å². The minimum Gasteiger partial charge on any atom is -0.389 e. The Hall–Kier alpha value is -2.07. The van der Waals surface area contributed by atoms with Crippen molar-refractivity contribution in [3.63, 3.8) is 0 Å². The van der Waals surface area contributed by atoms with Crippen molar-refractivity contribution in [3.05, 3.63) is 35.4 Å². The van der Waals surface area contributed by atoms with Gasteiger partial charge >= 0.3 is 6.03 Å². The number of fused-ring (bicyclic) bond motifs is 1. The number of amides is 2. The molecular weight excluding hydrogens is 342 g/mol. The molecule has 2 aliphatic rings. The number of aliphatic hydroxyl groups is 2. The van der Waals surface area contributed by atoms with Crippen LogP contribution in [0.3, 0.4) is 0 Å². The Morgan fingerprint density at radius 2 is 1.93 bits per heavy atom. The molecule has 2 atom stereocenters. The van der Waals surface area contributed by atoms with Crippen molar-refractivity contribution >= 4 is 6.03 Å². The third-order valence-electron chi connectivity index (χ3n) is 5.68.